The minimum Gasteiger partial charge on any atom is -0.375 e. The molecule has 2 aliphatic rings. The third-order valence-corrected chi connectivity index (χ3v) is 8.31. The van der Waals surface area contributed by atoms with E-state index >= 15 is 0 Å². The summed E-state index contributed by atoms with van der Waals surface area (Å²) in [7, 11) is 2.12. The summed E-state index contributed by atoms with van der Waals surface area (Å²) >= 11 is 1.59. The van der Waals surface area contributed by atoms with Gasteiger partial charge >= 0.3 is 0 Å². The first-order chi connectivity index (χ1) is 14.5. The number of aryl methyl sites for hydroxylation is 2. The summed E-state index contributed by atoms with van der Waals surface area (Å²) in [5.74, 6) is 1.57. The van der Waals surface area contributed by atoms with Crippen LogP contribution < -0.4 is 10.2 Å². The standard InChI is InChI=1S/C25H31N3OS.ClH/c1-16-6-10-20(11-7-16)28(3)12-4-5-23-17(2)22(15-26)25(30-23)27-24(29)21-14-18-8-9-19(21)13-18;/h6-7,10-11,18-19,21H,4-5,8-9,12-14H2,1-3H3,(H,27,29);1H/t18-,19-,21+;/m0./s1. The molecule has 2 saturated carbocycles. The first kappa shape index (κ1) is 23.6. The largest absolute Gasteiger partial charge is 0.375 e. The van der Waals surface area contributed by atoms with Crippen molar-refractivity contribution in [1.29, 1.82) is 5.26 Å². The van der Waals surface area contributed by atoms with E-state index in [1.165, 1.54) is 35.4 Å². The summed E-state index contributed by atoms with van der Waals surface area (Å²) in [5.41, 5.74) is 4.17. The van der Waals surface area contributed by atoms with Crippen molar-refractivity contribution in [3.63, 3.8) is 0 Å². The van der Waals surface area contributed by atoms with Gasteiger partial charge in [0, 0.05) is 30.1 Å². The molecule has 1 aromatic carbocycles. The van der Waals surface area contributed by atoms with Crippen LogP contribution in [-0.4, -0.2) is 19.5 Å². The average Bonchev–Trinajstić information content (AvgIpc) is 3.44. The molecular formula is C25H32ClN3OS. The number of amides is 1. The van der Waals surface area contributed by atoms with Crippen LogP contribution in [0.15, 0.2) is 24.3 Å². The van der Waals surface area contributed by atoms with Crippen LogP contribution in [0.5, 0.6) is 0 Å². The average molecular weight is 458 g/mol. The number of carbonyl (C=O) groups is 1. The molecule has 0 radical (unpaired) electrons. The minimum absolute atomic E-state index is 0. The van der Waals surface area contributed by atoms with E-state index in [1.807, 2.05) is 6.92 Å². The molecule has 1 N–H and O–H groups in total. The molecule has 4 rings (SSSR count). The monoisotopic (exact) mass is 457 g/mol. The van der Waals surface area contributed by atoms with Crippen molar-refractivity contribution >= 4 is 40.3 Å². The minimum atomic E-state index is 0. The summed E-state index contributed by atoms with van der Waals surface area (Å²) in [6.45, 7) is 5.07. The number of nitriles is 1. The van der Waals surface area contributed by atoms with E-state index < -0.39 is 0 Å². The van der Waals surface area contributed by atoms with Gasteiger partial charge in [-0.2, -0.15) is 5.26 Å². The van der Waals surface area contributed by atoms with Gasteiger partial charge in [-0.25, -0.2) is 0 Å². The number of anilines is 2. The van der Waals surface area contributed by atoms with Gasteiger partial charge in [-0.1, -0.05) is 24.1 Å². The molecule has 1 heterocycles. The number of hydrogen-bond acceptors (Lipinski definition) is 4. The summed E-state index contributed by atoms with van der Waals surface area (Å²) in [6.07, 6.45) is 6.66. The van der Waals surface area contributed by atoms with Gasteiger partial charge in [0.2, 0.25) is 5.91 Å². The van der Waals surface area contributed by atoms with Gasteiger partial charge in [0.05, 0.1) is 5.56 Å². The molecule has 0 aliphatic heterocycles. The molecule has 4 nitrogen and oxygen atoms in total. The predicted molar refractivity (Wildman–Crippen MR) is 131 cm³/mol. The molecule has 6 heteroatoms. The second kappa shape index (κ2) is 10.1. The van der Waals surface area contributed by atoms with Crippen molar-refractivity contribution in [2.75, 3.05) is 23.8 Å². The van der Waals surface area contributed by atoms with Gasteiger partial charge < -0.3 is 10.2 Å². The van der Waals surface area contributed by atoms with Gasteiger partial charge in [-0.05, 0) is 75.5 Å². The van der Waals surface area contributed by atoms with Crippen molar-refractivity contribution in [1.82, 2.24) is 0 Å². The fourth-order valence-corrected chi connectivity index (χ4v) is 6.40. The summed E-state index contributed by atoms with van der Waals surface area (Å²) in [6, 6.07) is 10.9. The third-order valence-electron chi connectivity index (χ3n) is 7.04. The Bertz CT molecular complexity index is 962. The van der Waals surface area contributed by atoms with E-state index in [0.29, 0.717) is 11.5 Å². The van der Waals surface area contributed by atoms with E-state index in [2.05, 4.69) is 54.5 Å². The van der Waals surface area contributed by atoms with E-state index in [-0.39, 0.29) is 24.2 Å². The zero-order chi connectivity index (χ0) is 21.3. The third kappa shape index (κ3) is 5.07. The Kier molecular flexibility index (Phi) is 7.67. The highest BCUT2D eigenvalue weighted by molar-refractivity contribution is 7.16. The van der Waals surface area contributed by atoms with Gasteiger partial charge in [0.25, 0.3) is 0 Å². The molecule has 2 aromatic rings. The zero-order valence-electron chi connectivity index (χ0n) is 18.6. The maximum atomic E-state index is 12.9. The van der Waals surface area contributed by atoms with E-state index in [1.54, 1.807) is 11.3 Å². The predicted octanol–water partition coefficient (Wildman–Crippen LogP) is 6.10. The number of halogens is 1. The fraction of sp³-hybridized carbons (Fsp3) is 0.520. The van der Waals surface area contributed by atoms with E-state index in [9.17, 15) is 10.1 Å². The van der Waals surface area contributed by atoms with Crippen LogP contribution in [0.1, 0.15) is 53.7 Å². The lowest BCUT2D eigenvalue weighted by Gasteiger charge is -2.20. The number of nitrogens with zero attached hydrogens (tertiary/aromatic N) is 2. The number of carbonyl (C=O) groups excluding carboxylic acids is 1. The molecular weight excluding hydrogens is 426 g/mol. The maximum Gasteiger partial charge on any atom is 0.228 e. The van der Waals surface area contributed by atoms with Crippen molar-refractivity contribution in [2.24, 2.45) is 17.8 Å². The SMILES string of the molecule is Cc1ccc(N(C)CCCc2sc(NC(=O)[C@@H]3C[C@H]4CC[C@H]3C4)c(C#N)c2C)cc1.Cl. The first-order valence-electron chi connectivity index (χ1n) is 11.1. The Labute approximate surface area is 196 Å². The number of fused-ring (bicyclic) bond motifs is 2. The maximum absolute atomic E-state index is 12.9. The van der Waals surface area contributed by atoms with Gasteiger partial charge in [0.15, 0.2) is 0 Å². The summed E-state index contributed by atoms with van der Waals surface area (Å²) in [5, 5.41) is 13.6. The lowest BCUT2D eigenvalue weighted by Crippen LogP contribution is -2.27. The highest BCUT2D eigenvalue weighted by Crippen LogP contribution is 2.49. The van der Waals surface area contributed by atoms with Crippen LogP contribution in [0.4, 0.5) is 10.7 Å². The van der Waals surface area contributed by atoms with Crippen molar-refractivity contribution < 1.29 is 4.79 Å². The van der Waals surface area contributed by atoms with E-state index in [4.69, 9.17) is 0 Å². The van der Waals surface area contributed by atoms with E-state index in [0.717, 1.165) is 42.3 Å². The molecule has 0 saturated heterocycles. The van der Waals surface area contributed by atoms with Gasteiger partial charge in [-0.3, -0.25) is 4.79 Å². The van der Waals surface area contributed by atoms with Crippen LogP contribution >= 0.6 is 23.7 Å². The summed E-state index contributed by atoms with van der Waals surface area (Å²) < 4.78 is 0. The number of rotatable bonds is 7. The lowest BCUT2D eigenvalue weighted by molar-refractivity contribution is -0.121. The van der Waals surface area contributed by atoms with Crippen molar-refractivity contribution in [3.8, 4) is 6.07 Å². The second-order valence-electron chi connectivity index (χ2n) is 9.10. The molecule has 2 bridgehead atoms. The van der Waals surface area contributed by atoms with Crippen molar-refractivity contribution in [3.05, 3.63) is 45.8 Å². The molecule has 3 atom stereocenters. The quantitative estimate of drug-likeness (QED) is 0.546. The number of benzene rings is 1. The lowest BCUT2D eigenvalue weighted by atomic mass is 9.88. The number of nitrogens with one attached hydrogen (secondary N) is 1. The highest BCUT2D eigenvalue weighted by Gasteiger charge is 2.43. The Morgan fingerprint density at radius 2 is 1.97 bits per heavy atom. The molecule has 166 valence electrons. The molecule has 1 amide bonds. The van der Waals surface area contributed by atoms with Gasteiger partial charge in [0.1, 0.15) is 11.1 Å². The smallest absolute Gasteiger partial charge is 0.228 e. The summed E-state index contributed by atoms with van der Waals surface area (Å²) in [4.78, 5) is 16.3. The van der Waals surface area contributed by atoms with Crippen LogP contribution in [0.3, 0.4) is 0 Å². The first-order valence-corrected chi connectivity index (χ1v) is 11.9. The molecule has 0 unspecified atom stereocenters. The molecule has 31 heavy (non-hydrogen) atoms. The zero-order valence-corrected chi connectivity index (χ0v) is 20.2. The molecule has 1 aromatic heterocycles. The van der Waals surface area contributed by atoms with Crippen LogP contribution in [0.2, 0.25) is 0 Å². The Hall–Kier alpha value is -2.03. The Morgan fingerprint density at radius 1 is 1.23 bits per heavy atom. The topological polar surface area (TPSA) is 56.1 Å². The van der Waals surface area contributed by atoms with Crippen molar-refractivity contribution in [2.45, 2.75) is 52.4 Å². The molecule has 2 fully saturated rings. The second-order valence-corrected chi connectivity index (χ2v) is 10.2. The Balaban J connectivity index is 0.00000272. The normalized spacial score (nSPS) is 21.4. The van der Waals surface area contributed by atoms with Crippen LogP contribution in [0.25, 0.3) is 0 Å². The molecule has 2 aliphatic carbocycles. The Morgan fingerprint density at radius 3 is 2.58 bits per heavy atom. The van der Waals surface area contributed by atoms with Crippen LogP contribution in [-0.2, 0) is 11.2 Å². The molecule has 0 spiro atoms. The highest BCUT2D eigenvalue weighted by atomic mass is 35.5. The fourth-order valence-electron chi connectivity index (χ4n) is 5.20. The number of hydrogen-bond donors (Lipinski definition) is 1. The van der Waals surface area contributed by atoms with Crippen LogP contribution in [0, 0.1) is 42.9 Å². The van der Waals surface area contributed by atoms with Gasteiger partial charge in [-0.15, -0.1) is 23.7 Å². The number of thiophene rings is 1.